The summed E-state index contributed by atoms with van der Waals surface area (Å²) in [5, 5.41) is 9.42. The van der Waals surface area contributed by atoms with Crippen molar-refractivity contribution in [3.05, 3.63) is 95.3 Å². The molecule has 2 fully saturated rings. The Morgan fingerprint density at radius 1 is 0.683 bits per heavy atom. The molecule has 6 amide bonds. The lowest BCUT2D eigenvalue weighted by Crippen LogP contribution is -2.54. The number of anilines is 2. The van der Waals surface area contributed by atoms with Crippen LogP contribution in [0, 0.1) is 0 Å². The van der Waals surface area contributed by atoms with Crippen LogP contribution in [0.25, 0.3) is 33.0 Å². The number of imide groups is 3. The number of aromatic amines is 1. The summed E-state index contributed by atoms with van der Waals surface area (Å²) in [4.78, 5) is 94.9. The number of amides is 6. The molecular weight excluding hydrogens is 811 g/mol. The number of aromatic nitrogens is 3. The van der Waals surface area contributed by atoms with E-state index < -0.39 is 41.5 Å². The van der Waals surface area contributed by atoms with Gasteiger partial charge < -0.3 is 29.4 Å². The van der Waals surface area contributed by atoms with E-state index in [1.165, 1.54) is 0 Å². The van der Waals surface area contributed by atoms with E-state index in [-0.39, 0.29) is 29.5 Å². The molecule has 1 unspecified atom stereocenters. The molecule has 18 heteroatoms. The molecule has 0 saturated carbocycles. The number of benzene rings is 3. The Balaban J connectivity index is 0.681. The number of hydrogen-bond donors (Lipinski definition) is 4. The Morgan fingerprint density at radius 3 is 2.17 bits per heavy atom. The summed E-state index contributed by atoms with van der Waals surface area (Å²) in [6.07, 6.45) is 1.93. The van der Waals surface area contributed by atoms with Gasteiger partial charge in [0.05, 0.1) is 73.1 Å². The van der Waals surface area contributed by atoms with E-state index in [2.05, 4.69) is 30.7 Å². The average Bonchev–Trinajstić information content (AvgIpc) is 3.93. The lowest BCUT2D eigenvalue weighted by molar-refractivity contribution is -0.136. The molecule has 0 bridgehead atoms. The van der Waals surface area contributed by atoms with Crippen molar-refractivity contribution in [1.82, 2.24) is 35.4 Å². The van der Waals surface area contributed by atoms with Gasteiger partial charge in [-0.2, -0.15) is 0 Å². The largest absolute Gasteiger partial charge is 0.383 e. The maximum absolute atomic E-state index is 13.4. The van der Waals surface area contributed by atoms with Crippen molar-refractivity contribution < 1.29 is 43.0 Å². The number of H-pyrrole nitrogens is 1. The first kappa shape index (κ1) is 41.5. The number of para-hydroxylation sites is 2. The third kappa shape index (κ3) is 8.53. The van der Waals surface area contributed by atoms with Gasteiger partial charge in [0, 0.05) is 79.4 Å². The number of rotatable bonds is 17. The van der Waals surface area contributed by atoms with Crippen LogP contribution in [0.1, 0.15) is 44.8 Å². The number of nitrogens with one attached hydrogen (secondary N) is 4. The van der Waals surface area contributed by atoms with Crippen LogP contribution < -0.4 is 20.9 Å². The second-order valence-electron chi connectivity index (χ2n) is 15.5. The SMILES string of the molecule is O=C1CCC(N2C(=O)c3ccc(NCCOCCOCCOCCN4CCN(c5nc(C6=C(c7c[nH]c8ccccc78)C(=O)NC6=O)c6ccccc6n5)CC4)cc3C2=O)C(=O)N1. The molecule has 324 valence electrons. The smallest absolute Gasteiger partial charge is 0.262 e. The maximum atomic E-state index is 13.4. The zero-order valence-corrected chi connectivity index (χ0v) is 34.3. The molecule has 2 saturated heterocycles. The lowest BCUT2D eigenvalue weighted by Gasteiger charge is -2.34. The lowest BCUT2D eigenvalue weighted by atomic mass is 9.97. The summed E-state index contributed by atoms with van der Waals surface area (Å²) in [5.74, 6) is -2.59. The van der Waals surface area contributed by atoms with Gasteiger partial charge in [-0.1, -0.05) is 36.4 Å². The molecular formula is C45H45N9O9. The van der Waals surface area contributed by atoms with Crippen LogP contribution >= 0.6 is 0 Å². The predicted molar refractivity (Wildman–Crippen MR) is 231 cm³/mol. The highest BCUT2D eigenvalue weighted by Gasteiger charge is 2.44. The van der Waals surface area contributed by atoms with E-state index in [1.54, 1.807) is 24.4 Å². The van der Waals surface area contributed by atoms with Gasteiger partial charge in [0.1, 0.15) is 6.04 Å². The summed E-state index contributed by atoms with van der Waals surface area (Å²) < 4.78 is 17.2. The van der Waals surface area contributed by atoms with Gasteiger partial charge in [-0.25, -0.2) is 9.97 Å². The summed E-state index contributed by atoms with van der Waals surface area (Å²) in [6, 6.07) is 19.0. The zero-order chi connectivity index (χ0) is 43.5. The number of nitrogens with zero attached hydrogens (tertiary/aromatic N) is 5. The van der Waals surface area contributed by atoms with Crippen molar-refractivity contribution in [2.45, 2.75) is 18.9 Å². The highest BCUT2D eigenvalue weighted by molar-refractivity contribution is 6.50. The zero-order valence-electron chi connectivity index (χ0n) is 34.3. The number of ether oxygens (including phenoxy) is 3. The van der Waals surface area contributed by atoms with Gasteiger partial charge in [-0.15, -0.1) is 0 Å². The summed E-state index contributed by atoms with van der Waals surface area (Å²) in [6.45, 7) is 6.70. The van der Waals surface area contributed by atoms with Gasteiger partial charge in [0.15, 0.2) is 0 Å². The minimum absolute atomic E-state index is 0.0653. The fourth-order valence-corrected chi connectivity index (χ4v) is 8.37. The molecule has 4 N–H and O–H groups in total. The quantitative estimate of drug-likeness (QED) is 0.0781. The third-order valence-electron chi connectivity index (χ3n) is 11.6. The Hall–Kier alpha value is -6.86. The molecule has 0 aliphatic carbocycles. The highest BCUT2D eigenvalue weighted by atomic mass is 16.5. The predicted octanol–water partition coefficient (Wildman–Crippen LogP) is 2.36. The van der Waals surface area contributed by atoms with Gasteiger partial charge in [-0.3, -0.25) is 49.2 Å². The Morgan fingerprint density at radius 2 is 1.38 bits per heavy atom. The number of fused-ring (bicyclic) bond motifs is 3. The molecule has 4 aliphatic rings. The first-order chi connectivity index (χ1) is 30.7. The minimum Gasteiger partial charge on any atom is -0.383 e. The van der Waals surface area contributed by atoms with E-state index in [0.717, 1.165) is 35.4 Å². The molecule has 6 heterocycles. The first-order valence-electron chi connectivity index (χ1n) is 21.0. The number of carbonyl (C=O) groups excluding carboxylic acids is 6. The van der Waals surface area contributed by atoms with Crippen molar-refractivity contribution in [2.24, 2.45) is 0 Å². The molecule has 18 nitrogen and oxygen atoms in total. The summed E-state index contributed by atoms with van der Waals surface area (Å²) >= 11 is 0. The maximum Gasteiger partial charge on any atom is 0.262 e. The molecule has 3 aromatic carbocycles. The van der Waals surface area contributed by atoms with Crippen molar-refractivity contribution >= 4 is 80.0 Å². The van der Waals surface area contributed by atoms with Crippen LogP contribution in [0.15, 0.2) is 72.9 Å². The topological polar surface area (TPSA) is 217 Å². The van der Waals surface area contributed by atoms with E-state index in [4.69, 9.17) is 24.2 Å². The van der Waals surface area contributed by atoms with Crippen LogP contribution in [-0.2, 0) is 33.4 Å². The summed E-state index contributed by atoms with van der Waals surface area (Å²) in [7, 11) is 0. The van der Waals surface area contributed by atoms with Gasteiger partial charge in [-0.05, 0) is 36.8 Å². The normalized spacial score (nSPS) is 18.3. The molecule has 0 spiro atoms. The fraction of sp³-hybridized carbons (Fsp3) is 0.333. The Labute approximate surface area is 360 Å². The second kappa shape index (κ2) is 18.2. The molecule has 2 aromatic heterocycles. The third-order valence-corrected chi connectivity index (χ3v) is 11.6. The molecule has 1 atom stereocenters. The second-order valence-corrected chi connectivity index (χ2v) is 15.5. The number of piperidine rings is 1. The van der Waals surface area contributed by atoms with E-state index >= 15 is 0 Å². The Kier molecular flexibility index (Phi) is 12.0. The van der Waals surface area contributed by atoms with Gasteiger partial charge in [0.25, 0.3) is 23.6 Å². The van der Waals surface area contributed by atoms with Crippen molar-refractivity contribution in [3.63, 3.8) is 0 Å². The summed E-state index contributed by atoms with van der Waals surface area (Å²) in [5.41, 5.74) is 4.22. The highest BCUT2D eigenvalue weighted by Crippen LogP contribution is 2.37. The first-order valence-corrected chi connectivity index (χ1v) is 21.0. The molecule has 9 rings (SSSR count). The van der Waals surface area contributed by atoms with Gasteiger partial charge >= 0.3 is 0 Å². The van der Waals surface area contributed by atoms with E-state index in [1.807, 2.05) is 48.5 Å². The van der Waals surface area contributed by atoms with Crippen LogP contribution in [0.4, 0.5) is 11.6 Å². The van der Waals surface area contributed by atoms with Crippen molar-refractivity contribution in [3.8, 4) is 0 Å². The molecule has 63 heavy (non-hydrogen) atoms. The number of carbonyl (C=O) groups is 6. The van der Waals surface area contributed by atoms with Crippen LogP contribution in [-0.4, -0.2) is 145 Å². The minimum atomic E-state index is -1.01. The average molecular weight is 856 g/mol. The molecule has 5 aromatic rings. The van der Waals surface area contributed by atoms with Crippen LogP contribution in [0.3, 0.4) is 0 Å². The van der Waals surface area contributed by atoms with E-state index in [9.17, 15) is 28.8 Å². The van der Waals surface area contributed by atoms with Crippen LogP contribution in [0.2, 0.25) is 0 Å². The van der Waals surface area contributed by atoms with Crippen molar-refractivity contribution in [2.75, 3.05) is 89.1 Å². The van der Waals surface area contributed by atoms with Gasteiger partial charge in [0.2, 0.25) is 17.8 Å². The molecule has 0 radical (unpaired) electrons. The van der Waals surface area contributed by atoms with Crippen molar-refractivity contribution in [1.29, 1.82) is 0 Å². The fourth-order valence-electron chi connectivity index (χ4n) is 8.37. The number of piperazine rings is 1. The van der Waals surface area contributed by atoms with E-state index in [0.29, 0.717) is 98.6 Å². The monoisotopic (exact) mass is 855 g/mol. The molecule has 4 aliphatic heterocycles. The van der Waals surface area contributed by atoms with Crippen LogP contribution in [0.5, 0.6) is 0 Å². The standard InChI is InChI=1S/C45H45N9O9/c55-36-12-11-35(40(56)49-36)54-43(59)29-10-9-27(25-31(29)44(54)60)46-13-19-61-21-23-63-24-22-62-20-18-52-14-16-53(17-15-52)45-48-34-8-4-2-6-30(34)39(50-45)38-37(41(57)51-42(38)58)32-26-47-33-7-3-1-5-28(32)33/h1-10,25-26,35,46-47H,11-24H2,(H,49,55,56)(H,51,57,58). The number of hydrogen-bond acceptors (Lipinski definition) is 14. The Bertz CT molecular complexity index is 2670.